The highest BCUT2D eigenvalue weighted by Crippen LogP contribution is 1.99. The van der Waals surface area contributed by atoms with Gasteiger partial charge in [0, 0.05) is 0 Å². The maximum absolute atomic E-state index is 8.46. The second-order valence-electron chi connectivity index (χ2n) is 1.87. The summed E-state index contributed by atoms with van der Waals surface area (Å²) < 4.78 is 14.9. The van der Waals surface area contributed by atoms with Crippen LogP contribution in [0.25, 0.3) is 0 Å². The van der Waals surface area contributed by atoms with Crippen LogP contribution in [-0.4, -0.2) is 10.9 Å². The van der Waals surface area contributed by atoms with Crippen molar-refractivity contribution in [3.8, 4) is 0 Å². The van der Waals surface area contributed by atoms with Gasteiger partial charge in [0.1, 0.15) is 0 Å². The fraction of sp³-hybridized carbons (Fsp3) is 0.125. The van der Waals surface area contributed by atoms with Gasteiger partial charge < -0.3 is 5.21 Å². The largest absolute Gasteiger partial charge is 0.411 e. The first-order valence-electron chi connectivity index (χ1n) is 3.92. The molecule has 0 atom stereocenters. The first-order chi connectivity index (χ1) is 5.66. The fourth-order valence-corrected chi connectivity index (χ4v) is 0.612. The van der Waals surface area contributed by atoms with Crippen molar-refractivity contribution < 1.29 is 7.95 Å². The molecular formula is C8H9NO. The average Bonchev–Trinajstić information content (AvgIpc) is 2.03. The quantitative estimate of drug-likeness (QED) is 0.358. The van der Waals surface area contributed by atoms with Crippen LogP contribution in [0.4, 0.5) is 0 Å². The molecule has 0 bridgehead atoms. The zero-order valence-corrected chi connectivity index (χ0v) is 5.63. The topological polar surface area (TPSA) is 32.6 Å². The van der Waals surface area contributed by atoms with Crippen LogP contribution in [0.2, 0.25) is 0 Å². The van der Waals surface area contributed by atoms with E-state index in [0.717, 1.165) is 0 Å². The third kappa shape index (κ3) is 1.35. The fourth-order valence-electron chi connectivity index (χ4n) is 0.612. The van der Waals surface area contributed by atoms with Crippen molar-refractivity contribution in [2.24, 2.45) is 5.16 Å². The minimum atomic E-state index is 0.206. The van der Waals surface area contributed by atoms with Crippen molar-refractivity contribution in [2.45, 2.75) is 6.92 Å². The summed E-state index contributed by atoms with van der Waals surface area (Å²) >= 11 is 0. The maximum atomic E-state index is 8.46. The van der Waals surface area contributed by atoms with E-state index in [1.54, 1.807) is 25.1 Å². The van der Waals surface area contributed by atoms with Gasteiger partial charge >= 0.3 is 0 Å². The lowest BCUT2D eigenvalue weighted by molar-refractivity contribution is 0.319. The van der Waals surface area contributed by atoms with E-state index in [-0.39, 0.29) is 12.1 Å². The Hall–Kier alpha value is -1.31. The van der Waals surface area contributed by atoms with Gasteiger partial charge in [0.05, 0.1) is 8.45 Å². The number of nitrogens with zero attached hydrogens (tertiary/aromatic N) is 1. The summed E-state index contributed by atoms with van der Waals surface area (Å²) in [5.41, 5.74) is 0.672. The van der Waals surface area contributed by atoms with Gasteiger partial charge in [-0.3, -0.25) is 0 Å². The van der Waals surface area contributed by atoms with Gasteiger partial charge in [0.15, 0.2) is 0 Å². The van der Waals surface area contributed by atoms with Crippen LogP contribution < -0.4 is 0 Å². The second-order valence-corrected chi connectivity index (χ2v) is 1.87. The van der Waals surface area contributed by atoms with E-state index in [1.807, 2.05) is 0 Å². The van der Waals surface area contributed by atoms with E-state index in [0.29, 0.717) is 11.3 Å². The lowest BCUT2D eigenvalue weighted by atomic mass is 10.1. The Labute approximate surface area is 62.6 Å². The van der Waals surface area contributed by atoms with Gasteiger partial charge in [-0.1, -0.05) is 35.4 Å². The van der Waals surface area contributed by atoms with E-state index < -0.39 is 0 Å². The summed E-state index contributed by atoms with van der Waals surface area (Å²) in [6, 6.07) is 5.15. The highest BCUT2D eigenvalue weighted by atomic mass is 16.4. The Morgan fingerprint density at radius 1 is 1.50 bits per heavy atom. The third-order valence-electron chi connectivity index (χ3n) is 1.16. The van der Waals surface area contributed by atoms with Gasteiger partial charge in [-0.25, -0.2) is 0 Å². The summed E-state index contributed by atoms with van der Waals surface area (Å²) in [6.45, 7) is 1.56. The van der Waals surface area contributed by atoms with E-state index >= 15 is 0 Å². The molecule has 0 fully saturated rings. The van der Waals surface area contributed by atoms with Crippen LogP contribution >= 0.6 is 0 Å². The molecule has 2 nitrogen and oxygen atoms in total. The maximum Gasteiger partial charge on any atom is 0.0836 e. The summed E-state index contributed by atoms with van der Waals surface area (Å²) in [5.74, 6) is 0. The SMILES string of the molecule is [2H]c1cccc([2H])c1/C(C)=N/O. The molecule has 0 spiro atoms. The smallest absolute Gasteiger partial charge is 0.0836 e. The molecule has 0 aliphatic heterocycles. The molecule has 0 unspecified atom stereocenters. The zero-order valence-electron chi connectivity index (χ0n) is 7.63. The molecule has 0 aliphatic carbocycles. The van der Waals surface area contributed by atoms with Crippen molar-refractivity contribution >= 4 is 5.71 Å². The first-order valence-corrected chi connectivity index (χ1v) is 2.92. The molecule has 1 aromatic rings. The molecule has 0 saturated heterocycles. The molecule has 0 heterocycles. The highest BCUT2D eigenvalue weighted by molar-refractivity contribution is 5.98. The Bertz CT molecular complexity index is 303. The minimum absolute atomic E-state index is 0.206. The summed E-state index contributed by atoms with van der Waals surface area (Å²) in [5, 5.41) is 11.4. The standard InChI is InChI=1S/C8H9NO/c1-7(9-10)8-5-3-2-4-6-8/h2-6,10H,1H3/b9-7+/i5D,6D. The third-order valence-corrected chi connectivity index (χ3v) is 1.16. The molecule has 2 heteroatoms. The minimum Gasteiger partial charge on any atom is -0.411 e. The number of rotatable bonds is 1. The van der Waals surface area contributed by atoms with Crippen LogP contribution in [-0.2, 0) is 0 Å². The molecule has 52 valence electrons. The molecule has 0 aliphatic rings. The first kappa shape index (κ1) is 4.50. The number of hydrogen-bond donors (Lipinski definition) is 1. The van der Waals surface area contributed by atoms with E-state index in [9.17, 15) is 0 Å². The van der Waals surface area contributed by atoms with Crippen LogP contribution in [0, 0.1) is 0 Å². The molecular weight excluding hydrogens is 126 g/mol. The lowest BCUT2D eigenvalue weighted by Gasteiger charge is -1.94. The summed E-state index contributed by atoms with van der Waals surface area (Å²) in [7, 11) is 0. The zero-order chi connectivity index (χ0) is 9.14. The average molecular weight is 137 g/mol. The van der Waals surface area contributed by atoms with E-state index in [2.05, 4.69) is 5.16 Å². The number of oxime groups is 1. The summed E-state index contributed by atoms with van der Waals surface area (Å²) in [4.78, 5) is 0. The monoisotopic (exact) mass is 137 g/mol. The van der Waals surface area contributed by atoms with Gasteiger partial charge in [-0.05, 0) is 12.5 Å². The molecule has 0 saturated carbocycles. The predicted octanol–water partition coefficient (Wildman–Crippen LogP) is 1.88. The van der Waals surface area contributed by atoms with Crippen molar-refractivity contribution in [3.63, 3.8) is 0 Å². The van der Waals surface area contributed by atoms with Crippen molar-refractivity contribution in [3.05, 3.63) is 35.8 Å². The van der Waals surface area contributed by atoms with Gasteiger partial charge in [-0.2, -0.15) is 0 Å². The van der Waals surface area contributed by atoms with Crippen molar-refractivity contribution in [2.75, 3.05) is 0 Å². The summed E-state index contributed by atoms with van der Waals surface area (Å²) in [6.07, 6.45) is 0. The molecule has 1 aromatic carbocycles. The van der Waals surface area contributed by atoms with Gasteiger partial charge in [0.25, 0.3) is 0 Å². The Morgan fingerprint density at radius 3 is 2.60 bits per heavy atom. The molecule has 0 aromatic heterocycles. The highest BCUT2D eigenvalue weighted by Gasteiger charge is 1.92. The number of hydrogen-bond acceptors (Lipinski definition) is 2. The predicted molar refractivity (Wildman–Crippen MR) is 40.4 cm³/mol. The van der Waals surface area contributed by atoms with Gasteiger partial charge in [-0.15, -0.1) is 0 Å². The molecule has 1 N–H and O–H groups in total. The van der Waals surface area contributed by atoms with E-state index in [4.69, 9.17) is 7.95 Å². The van der Waals surface area contributed by atoms with Crippen LogP contribution in [0.5, 0.6) is 0 Å². The Balaban J connectivity index is 3.31. The van der Waals surface area contributed by atoms with Gasteiger partial charge in [0.2, 0.25) is 0 Å². The van der Waals surface area contributed by atoms with Crippen LogP contribution in [0.15, 0.2) is 35.4 Å². The van der Waals surface area contributed by atoms with Crippen LogP contribution in [0.1, 0.15) is 15.2 Å². The molecule has 0 amide bonds. The van der Waals surface area contributed by atoms with Crippen LogP contribution in [0.3, 0.4) is 0 Å². The molecule has 0 radical (unpaired) electrons. The normalized spacial score (nSPS) is 14.3. The molecule has 1 rings (SSSR count). The second kappa shape index (κ2) is 3.01. The van der Waals surface area contributed by atoms with Crippen molar-refractivity contribution in [1.82, 2.24) is 0 Å². The van der Waals surface area contributed by atoms with Crippen molar-refractivity contribution in [1.29, 1.82) is 0 Å². The van der Waals surface area contributed by atoms with E-state index in [1.165, 1.54) is 0 Å². The Morgan fingerprint density at radius 2 is 2.10 bits per heavy atom. The lowest BCUT2D eigenvalue weighted by Crippen LogP contribution is -1.92. The Kier molecular flexibility index (Phi) is 1.35. The number of benzene rings is 1. The molecule has 10 heavy (non-hydrogen) atoms.